The van der Waals surface area contributed by atoms with E-state index in [2.05, 4.69) is 4.72 Å². The Bertz CT molecular complexity index is 667. The second-order valence-electron chi connectivity index (χ2n) is 6.00. The zero-order valence-electron chi connectivity index (χ0n) is 14.2. The number of nitrogens with one attached hydrogen (secondary N) is 1. The lowest BCUT2D eigenvalue weighted by molar-refractivity contribution is 0.0599. The molecule has 1 fully saturated rings. The zero-order chi connectivity index (χ0) is 17.6. The summed E-state index contributed by atoms with van der Waals surface area (Å²) in [6.07, 6.45) is 6.35. The number of aryl methyl sites for hydroxylation is 1. The minimum atomic E-state index is -3.62. The molecule has 0 spiro atoms. The van der Waals surface area contributed by atoms with Crippen molar-refractivity contribution in [3.8, 4) is 0 Å². The van der Waals surface area contributed by atoms with E-state index in [1.807, 2.05) is 11.8 Å². The van der Waals surface area contributed by atoms with Gasteiger partial charge < -0.3 is 4.74 Å². The van der Waals surface area contributed by atoms with E-state index in [1.165, 1.54) is 51.3 Å². The second-order valence-corrected chi connectivity index (χ2v) is 9.17. The summed E-state index contributed by atoms with van der Waals surface area (Å²) in [5, 5.41) is 0.661. The molecule has 1 aromatic rings. The number of benzene rings is 1. The number of ether oxygens (including phenoxy) is 1. The largest absolute Gasteiger partial charge is 0.465 e. The molecular formula is C17H25NO4S2. The Kier molecular flexibility index (Phi) is 7.13. The number of thioether (sulfide) groups is 1. The van der Waals surface area contributed by atoms with Gasteiger partial charge in [-0.25, -0.2) is 17.9 Å². The van der Waals surface area contributed by atoms with Crippen molar-refractivity contribution in [3.05, 3.63) is 29.3 Å². The molecule has 7 heteroatoms. The Morgan fingerprint density at radius 2 is 2.00 bits per heavy atom. The zero-order valence-corrected chi connectivity index (χ0v) is 15.8. The van der Waals surface area contributed by atoms with Crippen LogP contribution in [0.4, 0.5) is 0 Å². The van der Waals surface area contributed by atoms with Gasteiger partial charge in [0.05, 0.1) is 17.6 Å². The summed E-state index contributed by atoms with van der Waals surface area (Å²) in [6.45, 7) is 2.14. The van der Waals surface area contributed by atoms with Crippen LogP contribution in [0.2, 0.25) is 0 Å². The van der Waals surface area contributed by atoms with E-state index in [0.717, 1.165) is 5.75 Å². The van der Waals surface area contributed by atoms with Crippen LogP contribution in [0, 0.1) is 6.92 Å². The van der Waals surface area contributed by atoms with Gasteiger partial charge in [0.2, 0.25) is 10.0 Å². The van der Waals surface area contributed by atoms with Crippen LogP contribution in [0.5, 0.6) is 0 Å². The third kappa shape index (κ3) is 5.22. The first-order valence-electron chi connectivity index (χ1n) is 8.24. The minimum absolute atomic E-state index is 0.0937. The number of methoxy groups -OCH3 is 1. The van der Waals surface area contributed by atoms with Gasteiger partial charge in [0, 0.05) is 17.5 Å². The number of sulfonamides is 1. The SMILES string of the molecule is COC(=O)c1cc(S(=O)(=O)NCCSC2CCCCC2)ccc1C. The van der Waals surface area contributed by atoms with Crippen LogP contribution in [-0.2, 0) is 14.8 Å². The third-order valence-electron chi connectivity index (χ3n) is 4.22. The Balaban J connectivity index is 1.93. The average Bonchev–Trinajstić information content (AvgIpc) is 2.59. The van der Waals surface area contributed by atoms with E-state index in [9.17, 15) is 13.2 Å². The molecular weight excluding hydrogens is 346 g/mol. The Morgan fingerprint density at radius 3 is 2.67 bits per heavy atom. The fraction of sp³-hybridized carbons (Fsp3) is 0.588. The first-order chi connectivity index (χ1) is 11.4. The van der Waals surface area contributed by atoms with Crippen molar-refractivity contribution in [3.63, 3.8) is 0 Å². The quantitative estimate of drug-likeness (QED) is 0.589. The highest BCUT2D eigenvalue weighted by atomic mass is 32.2. The summed E-state index contributed by atoms with van der Waals surface area (Å²) in [5.41, 5.74) is 0.964. The third-order valence-corrected chi connectivity index (χ3v) is 7.07. The summed E-state index contributed by atoms with van der Waals surface area (Å²) in [6, 6.07) is 4.51. The Hall–Kier alpha value is -1.05. The lowest BCUT2D eigenvalue weighted by atomic mass is 10.0. The standard InChI is InChI=1S/C17H25NO4S2/c1-13-8-9-15(12-16(13)17(19)22-2)24(20,21)18-10-11-23-14-6-4-3-5-7-14/h8-9,12,14,18H,3-7,10-11H2,1-2H3. The molecule has 1 aromatic carbocycles. The predicted octanol–water partition coefficient (Wildman–Crippen LogP) is 3.13. The Labute approximate surface area is 148 Å². The van der Waals surface area contributed by atoms with Crippen LogP contribution in [0.3, 0.4) is 0 Å². The first kappa shape index (κ1) is 19.3. The van der Waals surface area contributed by atoms with Gasteiger partial charge >= 0.3 is 5.97 Å². The summed E-state index contributed by atoms with van der Waals surface area (Å²) in [5.74, 6) is 0.233. The van der Waals surface area contributed by atoms with Gasteiger partial charge in [0.15, 0.2) is 0 Å². The van der Waals surface area contributed by atoms with Crippen molar-refractivity contribution in [1.29, 1.82) is 0 Å². The molecule has 0 aliphatic heterocycles. The molecule has 134 valence electrons. The van der Waals surface area contributed by atoms with Gasteiger partial charge in [-0.3, -0.25) is 0 Å². The smallest absolute Gasteiger partial charge is 0.338 e. The molecule has 1 aliphatic carbocycles. The number of hydrogen-bond donors (Lipinski definition) is 1. The molecule has 0 unspecified atom stereocenters. The molecule has 0 heterocycles. The molecule has 0 radical (unpaired) electrons. The highest BCUT2D eigenvalue weighted by Gasteiger charge is 2.19. The molecule has 5 nitrogen and oxygen atoms in total. The number of carbonyl (C=O) groups is 1. The predicted molar refractivity (Wildman–Crippen MR) is 97.0 cm³/mol. The summed E-state index contributed by atoms with van der Waals surface area (Å²) in [4.78, 5) is 11.8. The van der Waals surface area contributed by atoms with E-state index < -0.39 is 16.0 Å². The van der Waals surface area contributed by atoms with Crippen LogP contribution in [0.25, 0.3) is 0 Å². The molecule has 0 atom stereocenters. The summed E-state index contributed by atoms with van der Waals surface area (Å²) >= 11 is 1.85. The summed E-state index contributed by atoms with van der Waals surface area (Å²) < 4.78 is 32.1. The molecule has 0 bridgehead atoms. The molecule has 2 rings (SSSR count). The van der Waals surface area contributed by atoms with Crippen molar-refractivity contribution in [1.82, 2.24) is 4.72 Å². The van der Waals surface area contributed by atoms with Crippen molar-refractivity contribution < 1.29 is 17.9 Å². The van der Waals surface area contributed by atoms with E-state index in [-0.39, 0.29) is 10.5 Å². The monoisotopic (exact) mass is 371 g/mol. The summed E-state index contributed by atoms with van der Waals surface area (Å²) in [7, 11) is -2.33. The molecule has 1 aliphatic rings. The van der Waals surface area contributed by atoms with Gasteiger partial charge in [-0.05, 0) is 37.5 Å². The highest BCUT2D eigenvalue weighted by molar-refractivity contribution is 8.00. The molecule has 0 aromatic heterocycles. The second kappa shape index (κ2) is 8.87. The van der Waals surface area contributed by atoms with Crippen molar-refractivity contribution in [2.75, 3.05) is 19.4 Å². The molecule has 0 saturated heterocycles. The van der Waals surface area contributed by atoms with E-state index in [1.54, 1.807) is 13.0 Å². The first-order valence-corrected chi connectivity index (χ1v) is 10.8. The van der Waals surface area contributed by atoms with Crippen LogP contribution >= 0.6 is 11.8 Å². The molecule has 1 saturated carbocycles. The van der Waals surface area contributed by atoms with Crippen LogP contribution in [-0.4, -0.2) is 39.0 Å². The van der Waals surface area contributed by atoms with Crippen molar-refractivity contribution in [2.45, 2.75) is 49.2 Å². The number of esters is 1. The van der Waals surface area contributed by atoms with Gasteiger partial charge in [0.1, 0.15) is 0 Å². The molecule has 24 heavy (non-hydrogen) atoms. The topological polar surface area (TPSA) is 72.5 Å². The number of hydrogen-bond acceptors (Lipinski definition) is 5. The van der Waals surface area contributed by atoms with Gasteiger partial charge in [-0.15, -0.1) is 0 Å². The normalized spacial score (nSPS) is 16.1. The van der Waals surface area contributed by atoms with Gasteiger partial charge in [-0.2, -0.15) is 11.8 Å². The number of rotatable bonds is 7. The minimum Gasteiger partial charge on any atom is -0.465 e. The van der Waals surface area contributed by atoms with Crippen molar-refractivity contribution >= 4 is 27.8 Å². The Morgan fingerprint density at radius 1 is 1.29 bits per heavy atom. The van der Waals surface area contributed by atoms with Gasteiger partial charge in [-0.1, -0.05) is 25.3 Å². The highest BCUT2D eigenvalue weighted by Crippen LogP contribution is 2.27. The maximum absolute atomic E-state index is 12.4. The van der Waals surface area contributed by atoms with E-state index >= 15 is 0 Å². The van der Waals surface area contributed by atoms with Crippen molar-refractivity contribution in [2.24, 2.45) is 0 Å². The number of carbonyl (C=O) groups excluding carboxylic acids is 1. The van der Waals surface area contributed by atoms with Crippen LogP contribution in [0.15, 0.2) is 23.1 Å². The lowest BCUT2D eigenvalue weighted by Crippen LogP contribution is -2.27. The molecule has 1 N–H and O–H groups in total. The molecule has 0 amide bonds. The van der Waals surface area contributed by atoms with E-state index in [4.69, 9.17) is 4.74 Å². The van der Waals surface area contributed by atoms with E-state index in [0.29, 0.717) is 17.4 Å². The fourth-order valence-corrected chi connectivity index (χ4v) is 5.22. The van der Waals surface area contributed by atoms with Crippen LogP contribution < -0.4 is 4.72 Å². The van der Waals surface area contributed by atoms with Gasteiger partial charge in [0.25, 0.3) is 0 Å². The fourth-order valence-electron chi connectivity index (χ4n) is 2.81. The average molecular weight is 372 g/mol. The van der Waals surface area contributed by atoms with Crippen LogP contribution in [0.1, 0.15) is 48.0 Å². The maximum atomic E-state index is 12.4. The lowest BCUT2D eigenvalue weighted by Gasteiger charge is -2.20. The maximum Gasteiger partial charge on any atom is 0.338 e.